The summed E-state index contributed by atoms with van der Waals surface area (Å²) in [7, 11) is 3.75. The van der Waals surface area contributed by atoms with Crippen molar-refractivity contribution in [1.82, 2.24) is 0 Å². The van der Waals surface area contributed by atoms with Crippen LogP contribution in [0.1, 0.15) is 11.1 Å². The van der Waals surface area contributed by atoms with Gasteiger partial charge in [0.25, 0.3) is 0 Å². The molecular formula is C22H22NNa2O2PS. The predicted molar refractivity (Wildman–Crippen MR) is 132 cm³/mol. The van der Waals surface area contributed by atoms with Crippen molar-refractivity contribution in [3.8, 4) is 5.75 Å². The molecule has 0 N–H and O–H groups in total. The maximum absolute atomic E-state index is 6.09. The molecule has 0 radical (unpaired) electrons. The SMILES string of the molecule is COc1ccc([PH](=S)OC=C2c3ccccc3N(C)c3ccccc32)cc1.[NaH].[NaH]. The second kappa shape index (κ2) is 11.2. The zero-order valence-corrected chi connectivity index (χ0v) is 17.0. The van der Waals surface area contributed by atoms with E-state index in [4.69, 9.17) is 21.1 Å². The summed E-state index contributed by atoms with van der Waals surface area (Å²) in [5.41, 5.74) is 5.69. The molecule has 1 atom stereocenters. The van der Waals surface area contributed by atoms with Crippen LogP contribution in [0.25, 0.3) is 5.57 Å². The average molecular weight is 441 g/mol. The van der Waals surface area contributed by atoms with E-state index in [0.29, 0.717) is 0 Å². The molecule has 0 spiro atoms. The molecule has 0 amide bonds. The number of benzene rings is 3. The molecule has 3 nitrogen and oxygen atoms in total. The normalized spacial score (nSPS) is 12.5. The summed E-state index contributed by atoms with van der Waals surface area (Å²) in [6, 6.07) is 24.5. The van der Waals surface area contributed by atoms with Gasteiger partial charge in [0.15, 0.2) is 0 Å². The van der Waals surface area contributed by atoms with Crippen LogP contribution in [0.2, 0.25) is 0 Å². The molecule has 1 aliphatic heterocycles. The third-order valence-corrected chi connectivity index (χ3v) is 6.85. The van der Waals surface area contributed by atoms with Crippen LogP contribution >= 0.6 is 6.92 Å². The van der Waals surface area contributed by atoms with Gasteiger partial charge in [0.2, 0.25) is 0 Å². The van der Waals surface area contributed by atoms with Gasteiger partial charge in [-0.15, -0.1) is 0 Å². The quantitative estimate of drug-likeness (QED) is 0.349. The third kappa shape index (κ3) is 5.20. The van der Waals surface area contributed by atoms with Gasteiger partial charge in [-0.2, -0.15) is 0 Å². The van der Waals surface area contributed by atoms with Gasteiger partial charge in [-0.05, 0) is 36.4 Å². The van der Waals surface area contributed by atoms with Crippen LogP contribution in [-0.4, -0.2) is 73.3 Å². The van der Waals surface area contributed by atoms with E-state index in [1.54, 1.807) is 7.11 Å². The summed E-state index contributed by atoms with van der Waals surface area (Å²) in [6.45, 7) is -1.57. The molecule has 29 heavy (non-hydrogen) atoms. The predicted octanol–water partition coefficient (Wildman–Crippen LogP) is 3.80. The standard InChI is InChI=1S/C22H20NO2PS.2Na.2H/c1-23-21-9-5-3-7-18(21)20(19-8-4-6-10-22(19)23)15-25-26(27)17-13-11-16(24-2)12-14-17;;;;/h3-15,26H,1-2H3;;;;. The third-order valence-electron chi connectivity index (χ3n) is 4.72. The van der Waals surface area contributed by atoms with Gasteiger partial charge < -0.3 is 14.2 Å². The van der Waals surface area contributed by atoms with Gasteiger partial charge in [-0.25, -0.2) is 0 Å². The molecule has 0 bridgehead atoms. The first kappa shape index (κ1) is 24.7. The first-order valence-corrected chi connectivity index (χ1v) is 11.2. The molecule has 0 aliphatic carbocycles. The molecule has 4 rings (SSSR count). The molecule has 0 fully saturated rings. The van der Waals surface area contributed by atoms with E-state index in [-0.39, 0.29) is 59.1 Å². The van der Waals surface area contributed by atoms with Crippen molar-refractivity contribution < 1.29 is 9.26 Å². The monoisotopic (exact) mass is 441 g/mol. The Bertz CT molecular complexity index is 991. The minimum atomic E-state index is -1.57. The average Bonchev–Trinajstić information content (AvgIpc) is 2.73. The molecule has 1 aliphatic rings. The molecule has 0 saturated heterocycles. The van der Waals surface area contributed by atoms with Crippen LogP contribution in [-0.2, 0) is 16.3 Å². The number of fused-ring (bicyclic) bond motifs is 2. The van der Waals surface area contributed by atoms with Crippen molar-refractivity contribution in [3.63, 3.8) is 0 Å². The Balaban J connectivity index is 0.00000150. The van der Waals surface area contributed by atoms with Gasteiger partial charge in [0, 0.05) is 40.4 Å². The molecular weight excluding hydrogens is 419 g/mol. The van der Waals surface area contributed by atoms with Crippen molar-refractivity contribution >= 4 is 100 Å². The van der Waals surface area contributed by atoms with Crippen molar-refractivity contribution in [2.45, 2.75) is 0 Å². The van der Waals surface area contributed by atoms with Crippen molar-refractivity contribution in [3.05, 3.63) is 90.2 Å². The number of rotatable bonds is 4. The summed E-state index contributed by atoms with van der Waals surface area (Å²) in [5.74, 6) is 0.820. The Morgan fingerprint density at radius 1 is 0.828 bits per heavy atom. The van der Waals surface area contributed by atoms with Gasteiger partial charge in [-0.1, -0.05) is 48.2 Å². The number of methoxy groups -OCH3 is 1. The number of anilines is 2. The van der Waals surface area contributed by atoms with Crippen LogP contribution in [0.3, 0.4) is 0 Å². The molecule has 0 aromatic heterocycles. The first-order valence-electron chi connectivity index (χ1n) is 8.67. The fourth-order valence-electron chi connectivity index (χ4n) is 3.30. The van der Waals surface area contributed by atoms with Crippen LogP contribution in [0.4, 0.5) is 11.4 Å². The molecule has 140 valence electrons. The van der Waals surface area contributed by atoms with Gasteiger partial charge >= 0.3 is 59.1 Å². The number of nitrogens with zero attached hydrogens (tertiary/aromatic N) is 1. The van der Waals surface area contributed by atoms with E-state index in [9.17, 15) is 0 Å². The van der Waals surface area contributed by atoms with E-state index < -0.39 is 6.92 Å². The molecule has 3 aromatic rings. The first-order chi connectivity index (χ1) is 13.2. The van der Waals surface area contributed by atoms with Crippen LogP contribution in [0.5, 0.6) is 5.75 Å². The number of hydrogen-bond donors (Lipinski definition) is 0. The summed E-state index contributed by atoms with van der Waals surface area (Å²) in [5, 5.41) is 1.03. The van der Waals surface area contributed by atoms with E-state index in [0.717, 1.165) is 39.1 Å². The van der Waals surface area contributed by atoms with Gasteiger partial charge in [0.1, 0.15) is 12.7 Å². The maximum atomic E-state index is 6.09. The van der Waals surface area contributed by atoms with Crippen molar-refractivity contribution in [2.75, 3.05) is 19.1 Å². The van der Waals surface area contributed by atoms with Gasteiger partial charge in [-0.3, -0.25) is 0 Å². The molecule has 0 saturated carbocycles. The molecule has 1 unspecified atom stereocenters. The zero-order chi connectivity index (χ0) is 18.8. The second-order valence-electron chi connectivity index (χ2n) is 6.26. The Labute approximate surface area is 222 Å². The van der Waals surface area contributed by atoms with E-state index in [1.165, 1.54) is 0 Å². The summed E-state index contributed by atoms with van der Waals surface area (Å²) >= 11 is 5.66. The van der Waals surface area contributed by atoms with Crippen molar-refractivity contribution in [1.29, 1.82) is 0 Å². The van der Waals surface area contributed by atoms with Crippen LogP contribution in [0, 0.1) is 0 Å². The fraction of sp³-hybridized carbons (Fsp3) is 0.0909. The molecule has 3 aromatic carbocycles. The summed E-state index contributed by atoms with van der Waals surface area (Å²) < 4.78 is 11.3. The summed E-state index contributed by atoms with van der Waals surface area (Å²) in [4.78, 5) is 2.21. The summed E-state index contributed by atoms with van der Waals surface area (Å²) in [6.07, 6.45) is 1.84. The zero-order valence-electron chi connectivity index (χ0n) is 15.2. The molecule has 7 heteroatoms. The van der Waals surface area contributed by atoms with Gasteiger partial charge in [0.05, 0.1) is 13.4 Å². The Hall–Kier alpha value is -0.550. The Kier molecular flexibility index (Phi) is 9.53. The Morgan fingerprint density at radius 2 is 1.34 bits per heavy atom. The topological polar surface area (TPSA) is 21.7 Å². The van der Waals surface area contributed by atoms with Crippen LogP contribution in [0.15, 0.2) is 79.1 Å². The Morgan fingerprint density at radius 3 is 1.86 bits per heavy atom. The van der Waals surface area contributed by atoms with Crippen LogP contribution < -0.4 is 14.9 Å². The number of hydrogen-bond acceptors (Lipinski definition) is 4. The molecule has 1 heterocycles. The fourth-order valence-corrected chi connectivity index (χ4v) is 4.65. The van der Waals surface area contributed by atoms with E-state index >= 15 is 0 Å². The van der Waals surface area contributed by atoms with Crippen molar-refractivity contribution in [2.24, 2.45) is 0 Å². The van der Waals surface area contributed by atoms with E-state index in [1.807, 2.05) is 30.5 Å². The minimum absolute atomic E-state index is 0. The second-order valence-corrected chi connectivity index (χ2v) is 8.76. The van der Waals surface area contributed by atoms with E-state index in [2.05, 4.69) is 60.5 Å². The number of para-hydroxylation sites is 2. The number of ether oxygens (including phenoxy) is 1.